The van der Waals surface area contributed by atoms with Crippen molar-refractivity contribution in [3.05, 3.63) is 65.3 Å². The second kappa shape index (κ2) is 7.57. The Balaban J connectivity index is 1.49. The van der Waals surface area contributed by atoms with Crippen molar-refractivity contribution in [2.75, 3.05) is 13.7 Å². The highest BCUT2D eigenvalue weighted by atomic mass is 19.1. The van der Waals surface area contributed by atoms with E-state index in [-0.39, 0.29) is 54.4 Å². The number of ether oxygens (including phenoxy) is 1. The minimum absolute atomic E-state index is 0.0200. The SMILES string of the molecule is COc1ccc(-c2noc(C3CC(=O)N(Cc4ccc(F)cc4F)C3)n2)cc1F. The molecule has 1 unspecified atom stereocenters. The summed E-state index contributed by atoms with van der Waals surface area (Å²) in [4.78, 5) is 18.0. The molecule has 9 heteroatoms. The smallest absolute Gasteiger partial charge is 0.232 e. The van der Waals surface area contributed by atoms with Crippen LogP contribution in [0.1, 0.15) is 23.8 Å². The van der Waals surface area contributed by atoms with Crippen molar-refractivity contribution in [1.82, 2.24) is 15.0 Å². The molecule has 2 heterocycles. The van der Waals surface area contributed by atoms with Gasteiger partial charge in [0.15, 0.2) is 11.6 Å². The van der Waals surface area contributed by atoms with Gasteiger partial charge in [-0.2, -0.15) is 4.98 Å². The van der Waals surface area contributed by atoms with Gasteiger partial charge in [0.25, 0.3) is 0 Å². The predicted octanol–water partition coefficient (Wildman–Crippen LogP) is 3.68. The standard InChI is InChI=1S/C20H16F3N3O3/c1-28-17-5-3-11(6-16(17)23)19-24-20(29-25-19)13-7-18(27)26(10-13)9-12-2-4-14(21)8-15(12)22/h2-6,8,13H,7,9-10H2,1H3. The molecule has 2 aromatic carbocycles. The van der Waals surface area contributed by atoms with Crippen molar-refractivity contribution in [3.63, 3.8) is 0 Å². The highest BCUT2D eigenvalue weighted by Crippen LogP contribution is 2.31. The molecular weight excluding hydrogens is 387 g/mol. The number of aromatic nitrogens is 2. The number of likely N-dealkylation sites (tertiary alicyclic amines) is 1. The van der Waals surface area contributed by atoms with Crippen LogP contribution in [0.3, 0.4) is 0 Å². The van der Waals surface area contributed by atoms with E-state index in [1.165, 1.54) is 30.2 Å². The number of hydrogen-bond acceptors (Lipinski definition) is 5. The molecule has 6 nitrogen and oxygen atoms in total. The number of rotatable bonds is 5. The maximum Gasteiger partial charge on any atom is 0.232 e. The number of nitrogens with zero attached hydrogens (tertiary/aromatic N) is 3. The Morgan fingerprint density at radius 3 is 2.72 bits per heavy atom. The molecule has 0 N–H and O–H groups in total. The maximum absolute atomic E-state index is 13.9. The summed E-state index contributed by atoms with van der Waals surface area (Å²) in [5, 5.41) is 3.86. The Kier molecular flexibility index (Phi) is 4.96. The van der Waals surface area contributed by atoms with E-state index in [4.69, 9.17) is 9.26 Å². The van der Waals surface area contributed by atoms with Gasteiger partial charge >= 0.3 is 0 Å². The number of amides is 1. The van der Waals surface area contributed by atoms with Gasteiger partial charge in [0, 0.05) is 36.7 Å². The summed E-state index contributed by atoms with van der Waals surface area (Å²) in [5.41, 5.74) is 0.633. The molecule has 1 aromatic heterocycles. The van der Waals surface area contributed by atoms with Gasteiger partial charge in [-0.15, -0.1) is 0 Å². The van der Waals surface area contributed by atoms with Gasteiger partial charge in [-0.25, -0.2) is 13.2 Å². The minimum atomic E-state index is -0.706. The number of carbonyl (C=O) groups excluding carboxylic acids is 1. The molecule has 1 fully saturated rings. The molecule has 0 bridgehead atoms. The van der Waals surface area contributed by atoms with Crippen LogP contribution < -0.4 is 4.74 Å². The van der Waals surface area contributed by atoms with E-state index in [0.717, 1.165) is 12.1 Å². The first kappa shape index (κ1) is 19.0. The maximum atomic E-state index is 13.9. The van der Waals surface area contributed by atoms with Crippen LogP contribution in [0.5, 0.6) is 5.75 Å². The zero-order chi connectivity index (χ0) is 20.5. The van der Waals surface area contributed by atoms with Crippen molar-refractivity contribution >= 4 is 5.91 Å². The van der Waals surface area contributed by atoms with Crippen molar-refractivity contribution in [3.8, 4) is 17.1 Å². The average Bonchev–Trinajstić information content (AvgIpc) is 3.31. The lowest BCUT2D eigenvalue weighted by molar-refractivity contribution is -0.128. The first-order chi connectivity index (χ1) is 13.9. The van der Waals surface area contributed by atoms with E-state index >= 15 is 0 Å². The summed E-state index contributed by atoms with van der Waals surface area (Å²) in [5.74, 6) is -1.97. The Bertz CT molecular complexity index is 1070. The van der Waals surface area contributed by atoms with Crippen LogP contribution in [0.4, 0.5) is 13.2 Å². The zero-order valence-electron chi connectivity index (χ0n) is 15.4. The molecule has 0 radical (unpaired) electrons. The second-order valence-electron chi connectivity index (χ2n) is 6.72. The fourth-order valence-electron chi connectivity index (χ4n) is 3.27. The highest BCUT2D eigenvalue weighted by Gasteiger charge is 2.34. The topological polar surface area (TPSA) is 68.5 Å². The molecule has 1 atom stereocenters. The number of methoxy groups -OCH3 is 1. The van der Waals surface area contributed by atoms with E-state index in [2.05, 4.69) is 10.1 Å². The van der Waals surface area contributed by atoms with Crippen LogP contribution in [-0.4, -0.2) is 34.6 Å². The molecular formula is C20H16F3N3O3. The number of benzene rings is 2. The van der Waals surface area contributed by atoms with Crippen molar-refractivity contribution in [2.45, 2.75) is 18.9 Å². The van der Waals surface area contributed by atoms with Crippen LogP contribution in [0.2, 0.25) is 0 Å². The van der Waals surface area contributed by atoms with Crippen molar-refractivity contribution in [2.24, 2.45) is 0 Å². The molecule has 1 saturated heterocycles. The van der Waals surface area contributed by atoms with Gasteiger partial charge in [-0.1, -0.05) is 11.2 Å². The Hall–Kier alpha value is -3.36. The van der Waals surface area contributed by atoms with Gasteiger partial charge in [0.05, 0.1) is 13.0 Å². The summed E-state index contributed by atoms with van der Waals surface area (Å²) in [6.07, 6.45) is 0.126. The molecule has 0 saturated carbocycles. The van der Waals surface area contributed by atoms with Crippen molar-refractivity contribution in [1.29, 1.82) is 0 Å². The number of hydrogen-bond donors (Lipinski definition) is 0. The fraction of sp³-hybridized carbons (Fsp3) is 0.250. The number of carbonyl (C=O) groups is 1. The molecule has 1 aliphatic heterocycles. The van der Waals surface area contributed by atoms with Crippen LogP contribution in [0.15, 0.2) is 40.9 Å². The third-order valence-corrected chi connectivity index (χ3v) is 4.79. The lowest BCUT2D eigenvalue weighted by atomic mass is 10.1. The van der Waals surface area contributed by atoms with E-state index in [0.29, 0.717) is 5.56 Å². The Labute approximate surface area is 163 Å². The average molecular weight is 403 g/mol. The first-order valence-electron chi connectivity index (χ1n) is 8.84. The summed E-state index contributed by atoms with van der Waals surface area (Å²) < 4.78 is 51.0. The lowest BCUT2D eigenvalue weighted by Crippen LogP contribution is -2.25. The van der Waals surface area contributed by atoms with E-state index in [1.54, 1.807) is 6.07 Å². The van der Waals surface area contributed by atoms with Gasteiger partial charge in [0.1, 0.15) is 11.6 Å². The zero-order valence-corrected chi connectivity index (χ0v) is 15.4. The first-order valence-corrected chi connectivity index (χ1v) is 8.84. The second-order valence-corrected chi connectivity index (χ2v) is 6.72. The summed E-state index contributed by atoms with van der Waals surface area (Å²) in [7, 11) is 1.37. The van der Waals surface area contributed by atoms with Crippen LogP contribution in [0, 0.1) is 17.5 Å². The Morgan fingerprint density at radius 2 is 2.00 bits per heavy atom. The molecule has 0 spiro atoms. The van der Waals surface area contributed by atoms with E-state index in [9.17, 15) is 18.0 Å². The van der Waals surface area contributed by atoms with Gasteiger partial charge < -0.3 is 14.2 Å². The largest absolute Gasteiger partial charge is 0.494 e. The fourth-order valence-corrected chi connectivity index (χ4v) is 3.27. The number of halogens is 3. The normalized spacial score (nSPS) is 16.5. The molecule has 1 amide bonds. The summed E-state index contributed by atoms with van der Waals surface area (Å²) in [6.45, 7) is 0.278. The van der Waals surface area contributed by atoms with E-state index < -0.39 is 17.5 Å². The highest BCUT2D eigenvalue weighted by molar-refractivity contribution is 5.79. The third kappa shape index (κ3) is 3.80. The van der Waals surface area contributed by atoms with Gasteiger partial charge in [-0.05, 0) is 24.3 Å². The van der Waals surface area contributed by atoms with E-state index in [1.807, 2.05) is 0 Å². The van der Waals surface area contributed by atoms with Gasteiger partial charge in [0.2, 0.25) is 17.6 Å². The monoisotopic (exact) mass is 403 g/mol. The van der Waals surface area contributed by atoms with Crippen LogP contribution in [0.25, 0.3) is 11.4 Å². The van der Waals surface area contributed by atoms with Crippen molar-refractivity contribution < 1.29 is 27.2 Å². The summed E-state index contributed by atoms with van der Waals surface area (Å²) >= 11 is 0. The van der Waals surface area contributed by atoms with Crippen LogP contribution >= 0.6 is 0 Å². The molecule has 150 valence electrons. The molecule has 29 heavy (non-hydrogen) atoms. The molecule has 3 aromatic rings. The third-order valence-electron chi connectivity index (χ3n) is 4.79. The van der Waals surface area contributed by atoms with Gasteiger partial charge in [-0.3, -0.25) is 4.79 Å². The Morgan fingerprint density at radius 1 is 1.17 bits per heavy atom. The quantitative estimate of drug-likeness (QED) is 0.650. The molecule has 0 aliphatic carbocycles. The predicted molar refractivity (Wildman–Crippen MR) is 95.4 cm³/mol. The molecule has 1 aliphatic rings. The van der Waals surface area contributed by atoms with Crippen LogP contribution in [-0.2, 0) is 11.3 Å². The lowest BCUT2D eigenvalue weighted by Gasteiger charge is -2.16. The molecule has 4 rings (SSSR count). The minimum Gasteiger partial charge on any atom is -0.494 e. The summed E-state index contributed by atoms with van der Waals surface area (Å²) in [6, 6.07) is 7.53.